The lowest BCUT2D eigenvalue weighted by Crippen LogP contribution is -2.39. The third kappa shape index (κ3) is 5.21. The van der Waals surface area contributed by atoms with Crippen LogP contribution in [-0.4, -0.2) is 38.3 Å². The second-order valence-corrected chi connectivity index (χ2v) is 3.86. The van der Waals surface area contributed by atoms with Crippen LogP contribution in [0.4, 0.5) is 0 Å². The molecule has 0 amide bonds. The van der Waals surface area contributed by atoms with E-state index < -0.39 is 0 Å². The van der Waals surface area contributed by atoms with Crippen molar-refractivity contribution in [2.24, 2.45) is 11.5 Å². The molecule has 0 saturated carbocycles. The molecule has 2 saturated heterocycles. The van der Waals surface area contributed by atoms with Crippen LogP contribution >= 0.6 is 0 Å². The fraction of sp³-hybridized carbons (Fsp3) is 1.00. The predicted octanol–water partition coefficient (Wildman–Crippen LogP) is -0.996. The number of hydrogen-bond acceptors (Lipinski definition) is 4. The standard InChI is InChI=1S/C5H12N2.C4H10N2/c6-5-2-1-3-7-4-5;5-4-1-2-6-3-4/h5,7H,1-4,6H2;4,6H,1-3,5H2. The van der Waals surface area contributed by atoms with Gasteiger partial charge in [0.1, 0.15) is 0 Å². The van der Waals surface area contributed by atoms with Crippen LogP contribution < -0.4 is 22.1 Å². The molecule has 0 aromatic carbocycles. The predicted molar refractivity (Wildman–Crippen MR) is 55.5 cm³/mol. The van der Waals surface area contributed by atoms with Crippen LogP contribution in [0.2, 0.25) is 0 Å². The van der Waals surface area contributed by atoms with Crippen LogP contribution in [0.3, 0.4) is 0 Å². The lowest BCUT2D eigenvalue weighted by Gasteiger charge is -2.17. The molecular formula is C9H22N4. The lowest BCUT2D eigenvalue weighted by atomic mass is 10.1. The van der Waals surface area contributed by atoms with Crippen LogP contribution in [0.1, 0.15) is 19.3 Å². The van der Waals surface area contributed by atoms with Crippen molar-refractivity contribution in [1.29, 1.82) is 0 Å². The topological polar surface area (TPSA) is 76.1 Å². The number of piperidine rings is 1. The van der Waals surface area contributed by atoms with Gasteiger partial charge < -0.3 is 22.1 Å². The van der Waals surface area contributed by atoms with Gasteiger partial charge in [-0.15, -0.1) is 0 Å². The highest BCUT2D eigenvalue weighted by Gasteiger charge is 2.06. The Morgan fingerprint density at radius 3 is 1.69 bits per heavy atom. The van der Waals surface area contributed by atoms with Crippen molar-refractivity contribution in [3.63, 3.8) is 0 Å². The molecule has 2 heterocycles. The van der Waals surface area contributed by atoms with Crippen molar-refractivity contribution in [2.75, 3.05) is 26.2 Å². The van der Waals surface area contributed by atoms with Crippen molar-refractivity contribution < 1.29 is 0 Å². The molecule has 2 fully saturated rings. The summed E-state index contributed by atoms with van der Waals surface area (Å²) in [7, 11) is 0. The molecule has 4 nitrogen and oxygen atoms in total. The summed E-state index contributed by atoms with van der Waals surface area (Å²) in [5.41, 5.74) is 11.0. The molecule has 0 radical (unpaired) electrons. The molecule has 2 aliphatic rings. The molecule has 13 heavy (non-hydrogen) atoms. The van der Waals surface area contributed by atoms with E-state index in [1.807, 2.05) is 0 Å². The van der Waals surface area contributed by atoms with E-state index in [0.29, 0.717) is 12.1 Å². The highest BCUT2D eigenvalue weighted by molar-refractivity contribution is 4.72. The normalized spacial score (nSPS) is 33.7. The second kappa shape index (κ2) is 6.32. The van der Waals surface area contributed by atoms with Gasteiger partial charge in [-0.05, 0) is 32.4 Å². The Kier molecular flexibility index (Phi) is 5.31. The molecule has 0 aliphatic carbocycles. The maximum atomic E-state index is 5.57. The Morgan fingerprint density at radius 2 is 1.46 bits per heavy atom. The number of nitrogens with two attached hydrogens (primary N) is 2. The van der Waals surface area contributed by atoms with Gasteiger partial charge in [0, 0.05) is 25.2 Å². The van der Waals surface area contributed by atoms with Gasteiger partial charge in [-0.2, -0.15) is 0 Å². The molecule has 0 bridgehead atoms. The molecule has 6 N–H and O–H groups in total. The average molecular weight is 186 g/mol. The Morgan fingerprint density at radius 1 is 0.846 bits per heavy atom. The van der Waals surface area contributed by atoms with E-state index in [0.717, 1.165) is 32.6 Å². The fourth-order valence-corrected chi connectivity index (χ4v) is 1.56. The van der Waals surface area contributed by atoms with Crippen molar-refractivity contribution >= 4 is 0 Å². The Labute approximate surface area is 80.4 Å². The molecule has 2 atom stereocenters. The van der Waals surface area contributed by atoms with Crippen LogP contribution in [0.25, 0.3) is 0 Å². The zero-order valence-corrected chi connectivity index (χ0v) is 8.26. The van der Waals surface area contributed by atoms with Gasteiger partial charge >= 0.3 is 0 Å². The molecular weight excluding hydrogens is 164 g/mol. The summed E-state index contributed by atoms with van der Waals surface area (Å²) in [4.78, 5) is 0. The van der Waals surface area contributed by atoms with Gasteiger partial charge in [-0.1, -0.05) is 0 Å². The Hall–Kier alpha value is -0.160. The lowest BCUT2D eigenvalue weighted by molar-refractivity contribution is 0.459. The van der Waals surface area contributed by atoms with Gasteiger partial charge in [-0.25, -0.2) is 0 Å². The summed E-state index contributed by atoms with van der Waals surface area (Å²) in [6.45, 7) is 4.30. The maximum Gasteiger partial charge on any atom is 0.0177 e. The van der Waals surface area contributed by atoms with E-state index in [1.165, 1.54) is 12.8 Å². The third-order valence-electron chi connectivity index (χ3n) is 2.43. The monoisotopic (exact) mass is 186 g/mol. The highest BCUT2D eigenvalue weighted by atomic mass is 14.9. The molecule has 4 heteroatoms. The van der Waals surface area contributed by atoms with Crippen molar-refractivity contribution in [1.82, 2.24) is 10.6 Å². The van der Waals surface area contributed by atoms with E-state index >= 15 is 0 Å². The summed E-state index contributed by atoms with van der Waals surface area (Å²) in [5.74, 6) is 0. The summed E-state index contributed by atoms with van der Waals surface area (Å²) in [6, 6.07) is 0.860. The second-order valence-electron chi connectivity index (χ2n) is 3.86. The number of hydrogen-bond donors (Lipinski definition) is 4. The van der Waals surface area contributed by atoms with Crippen molar-refractivity contribution in [3.05, 3.63) is 0 Å². The summed E-state index contributed by atoms with van der Waals surface area (Å²) >= 11 is 0. The van der Waals surface area contributed by atoms with E-state index in [9.17, 15) is 0 Å². The summed E-state index contributed by atoms with van der Waals surface area (Å²) in [6.07, 6.45) is 3.61. The van der Waals surface area contributed by atoms with Gasteiger partial charge in [0.05, 0.1) is 0 Å². The first kappa shape index (κ1) is 10.9. The number of nitrogens with one attached hydrogen (secondary N) is 2. The molecule has 0 spiro atoms. The van der Waals surface area contributed by atoms with Crippen molar-refractivity contribution in [3.8, 4) is 0 Å². The largest absolute Gasteiger partial charge is 0.327 e. The fourth-order valence-electron chi connectivity index (χ4n) is 1.56. The smallest absolute Gasteiger partial charge is 0.0177 e. The minimum absolute atomic E-state index is 0.425. The average Bonchev–Trinajstić information content (AvgIpc) is 2.58. The van der Waals surface area contributed by atoms with E-state index in [-0.39, 0.29) is 0 Å². The Balaban J connectivity index is 0.000000132. The minimum Gasteiger partial charge on any atom is -0.327 e. The first-order valence-electron chi connectivity index (χ1n) is 5.21. The maximum absolute atomic E-state index is 5.57. The SMILES string of the molecule is NC1CCCNC1.NC1CCNC1. The zero-order chi connectivity index (χ0) is 9.52. The van der Waals surface area contributed by atoms with Crippen molar-refractivity contribution in [2.45, 2.75) is 31.3 Å². The molecule has 78 valence electrons. The third-order valence-corrected chi connectivity index (χ3v) is 2.43. The minimum atomic E-state index is 0.425. The zero-order valence-electron chi connectivity index (χ0n) is 8.26. The Bertz CT molecular complexity index is 117. The van der Waals surface area contributed by atoms with Gasteiger partial charge in [0.15, 0.2) is 0 Å². The summed E-state index contributed by atoms with van der Waals surface area (Å²) < 4.78 is 0. The van der Waals surface area contributed by atoms with E-state index in [4.69, 9.17) is 11.5 Å². The first-order valence-corrected chi connectivity index (χ1v) is 5.21. The molecule has 0 aromatic rings. The molecule has 2 aliphatic heterocycles. The quantitative estimate of drug-likeness (QED) is 0.391. The van der Waals surface area contributed by atoms with E-state index in [1.54, 1.807) is 0 Å². The first-order chi connectivity index (χ1) is 6.29. The van der Waals surface area contributed by atoms with Crippen LogP contribution in [0.5, 0.6) is 0 Å². The molecule has 2 unspecified atom stereocenters. The van der Waals surface area contributed by atoms with Gasteiger partial charge in [0.2, 0.25) is 0 Å². The van der Waals surface area contributed by atoms with Gasteiger partial charge in [-0.3, -0.25) is 0 Å². The highest BCUT2D eigenvalue weighted by Crippen LogP contribution is 1.96. The van der Waals surface area contributed by atoms with E-state index in [2.05, 4.69) is 10.6 Å². The molecule has 0 aromatic heterocycles. The molecule has 2 rings (SSSR count). The van der Waals surface area contributed by atoms with Crippen LogP contribution in [0.15, 0.2) is 0 Å². The van der Waals surface area contributed by atoms with Crippen LogP contribution in [0, 0.1) is 0 Å². The summed E-state index contributed by atoms with van der Waals surface area (Å²) in [5, 5.41) is 6.36. The van der Waals surface area contributed by atoms with Crippen LogP contribution in [-0.2, 0) is 0 Å². The van der Waals surface area contributed by atoms with Gasteiger partial charge in [0.25, 0.3) is 0 Å². The number of rotatable bonds is 0.